The highest BCUT2D eigenvalue weighted by molar-refractivity contribution is 9.10. The molecule has 1 aromatic rings. The third-order valence-electron chi connectivity index (χ3n) is 1.76. The van der Waals surface area contributed by atoms with Gasteiger partial charge in [-0.1, -0.05) is 12.1 Å². The summed E-state index contributed by atoms with van der Waals surface area (Å²) < 4.78 is 13.6. The minimum absolute atomic E-state index is 0.298. The lowest BCUT2D eigenvalue weighted by molar-refractivity contribution is 0.198. The minimum Gasteiger partial charge on any atom is -0.389 e. The quantitative estimate of drug-likeness (QED) is 0.790. The van der Waals surface area contributed by atoms with Crippen LogP contribution in [0.4, 0.5) is 4.39 Å². The molecule has 0 heterocycles. The Morgan fingerprint density at radius 2 is 2.08 bits per heavy atom. The maximum Gasteiger partial charge on any atom is 0.140 e. The number of aliphatic hydroxyl groups is 1. The Kier molecular flexibility index (Phi) is 2.85. The molecule has 0 spiro atoms. The Hall–Kier alpha value is -0.410. The van der Waals surface area contributed by atoms with E-state index >= 15 is 0 Å². The third-order valence-corrected chi connectivity index (χ3v) is 2.56. The molecule has 0 bridgehead atoms. The van der Waals surface area contributed by atoms with Gasteiger partial charge in [0.2, 0.25) is 0 Å². The van der Waals surface area contributed by atoms with E-state index in [4.69, 9.17) is 0 Å². The van der Waals surface area contributed by atoms with Crippen molar-refractivity contribution in [1.29, 1.82) is 0 Å². The summed E-state index contributed by atoms with van der Waals surface area (Å²) in [5.41, 5.74) is 1.16. The van der Waals surface area contributed by atoms with E-state index in [1.54, 1.807) is 26.0 Å². The van der Waals surface area contributed by atoms with Crippen molar-refractivity contribution in [3.05, 3.63) is 33.5 Å². The van der Waals surface area contributed by atoms with E-state index in [-0.39, 0.29) is 5.82 Å². The Balaban J connectivity index is 3.27. The fraction of sp³-hybridized carbons (Fsp3) is 0.333. The van der Waals surface area contributed by atoms with E-state index in [2.05, 4.69) is 15.9 Å². The molecule has 1 aromatic carbocycles. The molecule has 0 aliphatic carbocycles. The molecule has 1 N–H and O–H groups in total. The van der Waals surface area contributed by atoms with Crippen LogP contribution in [0.3, 0.4) is 0 Å². The summed E-state index contributed by atoms with van der Waals surface area (Å²) in [4.78, 5) is 0. The van der Waals surface area contributed by atoms with Gasteiger partial charge in [0.1, 0.15) is 5.82 Å². The number of hydrogen-bond acceptors (Lipinski definition) is 1. The van der Waals surface area contributed by atoms with Gasteiger partial charge in [-0.2, -0.15) is 0 Å². The zero-order valence-corrected chi connectivity index (χ0v) is 8.52. The van der Waals surface area contributed by atoms with Crippen LogP contribution in [0.2, 0.25) is 0 Å². The zero-order chi connectivity index (χ0) is 9.30. The molecule has 3 heteroatoms. The SMILES string of the molecule is Cc1ccc(C(C)O)c(Br)c1F. The Morgan fingerprint density at radius 3 is 2.58 bits per heavy atom. The lowest BCUT2D eigenvalue weighted by Crippen LogP contribution is -1.96. The van der Waals surface area contributed by atoms with Crippen LogP contribution < -0.4 is 0 Å². The van der Waals surface area contributed by atoms with Gasteiger partial charge in [-0.3, -0.25) is 0 Å². The van der Waals surface area contributed by atoms with Crippen molar-refractivity contribution in [2.24, 2.45) is 0 Å². The zero-order valence-electron chi connectivity index (χ0n) is 6.94. The standard InChI is InChI=1S/C9H10BrFO/c1-5-3-4-7(6(2)12)8(10)9(5)11/h3-4,6,12H,1-2H3. The van der Waals surface area contributed by atoms with Crippen LogP contribution in [0.25, 0.3) is 0 Å². The molecule has 0 amide bonds. The molecular formula is C9H10BrFO. The van der Waals surface area contributed by atoms with Crippen molar-refractivity contribution >= 4 is 15.9 Å². The minimum atomic E-state index is -0.644. The molecule has 0 saturated carbocycles. The predicted octanol–water partition coefficient (Wildman–Crippen LogP) is 2.95. The third kappa shape index (κ3) is 1.67. The van der Waals surface area contributed by atoms with Crippen molar-refractivity contribution in [1.82, 2.24) is 0 Å². The van der Waals surface area contributed by atoms with Gasteiger partial charge in [0.15, 0.2) is 0 Å². The number of hydrogen-bond donors (Lipinski definition) is 1. The molecule has 1 unspecified atom stereocenters. The first-order chi connectivity index (χ1) is 5.54. The maximum absolute atomic E-state index is 13.2. The van der Waals surface area contributed by atoms with E-state index < -0.39 is 6.10 Å². The molecular weight excluding hydrogens is 223 g/mol. The van der Waals surface area contributed by atoms with Crippen LogP contribution >= 0.6 is 15.9 Å². The Morgan fingerprint density at radius 1 is 1.50 bits per heavy atom. The summed E-state index contributed by atoms with van der Waals surface area (Å²) in [5, 5.41) is 9.22. The number of benzene rings is 1. The van der Waals surface area contributed by atoms with E-state index in [0.29, 0.717) is 15.6 Å². The Labute approximate surface area is 79.4 Å². The van der Waals surface area contributed by atoms with Gasteiger partial charge in [0.25, 0.3) is 0 Å². The summed E-state index contributed by atoms with van der Waals surface area (Å²) in [6, 6.07) is 3.37. The molecule has 0 aliphatic rings. The normalized spacial score (nSPS) is 13.1. The summed E-state index contributed by atoms with van der Waals surface area (Å²) in [6.07, 6.45) is -0.644. The number of aryl methyl sites for hydroxylation is 1. The first-order valence-corrected chi connectivity index (χ1v) is 4.46. The molecule has 0 aromatic heterocycles. The number of halogens is 2. The van der Waals surface area contributed by atoms with Gasteiger partial charge < -0.3 is 5.11 Å². The molecule has 66 valence electrons. The van der Waals surface area contributed by atoms with Crippen LogP contribution in [0.1, 0.15) is 24.2 Å². The fourth-order valence-corrected chi connectivity index (χ4v) is 1.76. The molecule has 12 heavy (non-hydrogen) atoms. The first kappa shape index (κ1) is 9.68. The number of rotatable bonds is 1. The molecule has 1 rings (SSSR count). The smallest absolute Gasteiger partial charge is 0.140 e. The van der Waals surface area contributed by atoms with Gasteiger partial charge in [-0.25, -0.2) is 4.39 Å². The largest absolute Gasteiger partial charge is 0.389 e. The molecule has 1 nitrogen and oxygen atoms in total. The highest BCUT2D eigenvalue weighted by atomic mass is 79.9. The van der Waals surface area contributed by atoms with E-state index in [0.717, 1.165) is 0 Å². The second-order valence-corrected chi connectivity index (χ2v) is 3.57. The lowest BCUT2D eigenvalue weighted by Gasteiger charge is -2.09. The van der Waals surface area contributed by atoms with Crippen molar-refractivity contribution < 1.29 is 9.50 Å². The molecule has 0 saturated heterocycles. The van der Waals surface area contributed by atoms with Crippen molar-refractivity contribution in [3.8, 4) is 0 Å². The lowest BCUT2D eigenvalue weighted by atomic mass is 10.1. The Bertz CT molecular complexity index is 297. The van der Waals surface area contributed by atoms with E-state index in [1.807, 2.05) is 0 Å². The second-order valence-electron chi connectivity index (χ2n) is 2.78. The predicted molar refractivity (Wildman–Crippen MR) is 49.5 cm³/mol. The molecule has 1 atom stereocenters. The monoisotopic (exact) mass is 232 g/mol. The van der Waals surface area contributed by atoms with E-state index in [9.17, 15) is 9.50 Å². The molecule has 0 aliphatic heterocycles. The van der Waals surface area contributed by atoms with Crippen molar-refractivity contribution in [3.63, 3.8) is 0 Å². The van der Waals surface area contributed by atoms with Crippen LogP contribution in [0, 0.1) is 12.7 Å². The second kappa shape index (κ2) is 3.54. The van der Waals surface area contributed by atoms with Crippen LogP contribution in [-0.4, -0.2) is 5.11 Å². The van der Waals surface area contributed by atoms with Crippen molar-refractivity contribution in [2.45, 2.75) is 20.0 Å². The summed E-state index contributed by atoms with van der Waals surface area (Å²) in [5.74, 6) is -0.298. The first-order valence-electron chi connectivity index (χ1n) is 3.66. The highest BCUT2D eigenvalue weighted by Gasteiger charge is 2.11. The van der Waals surface area contributed by atoms with Gasteiger partial charge in [-0.05, 0) is 40.9 Å². The topological polar surface area (TPSA) is 20.2 Å². The molecule has 0 fully saturated rings. The van der Waals surface area contributed by atoms with Crippen LogP contribution in [0.15, 0.2) is 16.6 Å². The summed E-state index contributed by atoms with van der Waals surface area (Å²) >= 11 is 3.10. The fourth-order valence-electron chi connectivity index (χ4n) is 0.984. The van der Waals surface area contributed by atoms with Gasteiger partial charge >= 0.3 is 0 Å². The van der Waals surface area contributed by atoms with Gasteiger partial charge in [0, 0.05) is 0 Å². The van der Waals surface area contributed by atoms with Crippen LogP contribution in [0.5, 0.6) is 0 Å². The van der Waals surface area contributed by atoms with Gasteiger partial charge in [0.05, 0.1) is 10.6 Å². The summed E-state index contributed by atoms with van der Waals surface area (Å²) in [6.45, 7) is 3.29. The van der Waals surface area contributed by atoms with Gasteiger partial charge in [-0.15, -0.1) is 0 Å². The average Bonchev–Trinajstić information content (AvgIpc) is 2.00. The number of aliphatic hydroxyl groups excluding tert-OH is 1. The maximum atomic E-state index is 13.2. The summed E-state index contributed by atoms with van der Waals surface area (Å²) in [7, 11) is 0. The molecule has 0 radical (unpaired) electrons. The van der Waals surface area contributed by atoms with Crippen molar-refractivity contribution in [2.75, 3.05) is 0 Å². The highest BCUT2D eigenvalue weighted by Crippen LogP contribution is 2.27. The average molecular weight is 233 g/mol. The van der Waals surface area contributed by atoms with E-state index in [1.165, 1.54) is 0 Å². The van der Waals surface area contributed by atoms with Crippen LogP contribution in [-0.2, 0) is 0 Å².